The van der Waals surface area contributed by atoms with Gasteiger partial charge < -0.3 is 9.15 Å². The second-order valence-electron chi connectivity index (χ2n) is 6.28. The fourth-order valence-corrected chi connectivity index (χ4v) is 3.88. The molecule has 0 unspecified atom stereocenters. The number of furan rings is 1. The van der Waals surface area contributed by atoms with E-state index >= 15 is 0 Å². The van der Waals surface area contributed by atoms with Gasteiger partial charge in [0.1, 0.15) is 11.5 Å². The minimum absolute atomic E-state index is 0.0314. The summed E-state index contributed by atoms with van der Waals surface area (Å²) in [4.78, 5) is 12.8. The molecule has 2 aromatic carbocycles. The highest BCUT2D eigenvalue weighted by atomic mass is 32.2. The number of aromatic nitrogens is 3. The molecule has 0 aliphatic rings. The summed E-state index contributed by atoms with van der Waals surface area (Å²) < 4.78 is 12.7. The Morgan fingerprint density at radius 1 is 1.07 bits per heavy atom. The van der Waals surface area contributed by atoms with E-state index in [1.54, 1.807) is 25.5 Å². The SMILES string of the molecule is COc1ccccc1C(=O)CSc1nnc(-c2ccoc2C)n1-c1ccccc1. The summed E-state index contributed by atoms with van der Waals surface area (Å²) in [5.74, 6) is 2.19. The highest BCUT2D eigenvalue weighted by Crippen LogP contribution is 2.31. The summed E-state index contributed by atoms with van der Waals surface area (Å²) in [5, 5.41) is 9.36. The molecule has 7 heteroatoms. The molecule has 0 N–H and O–H groups in total. The van der Waals surface area contributed by atoms with Crippen molar-refractivity contribution in [2.45, 2.75) is 12.1 Å². The second kappa shape index (κ2) is 8.36. The zero-order valence-electron chi connectivity index (χ0n) is 16.0. The van der Waals surface area contributed by atoms with E-state index in [4.69, 9.17) is 9.15 Å². The predicted octanol–water partition coefficient (Wildman–Crippen LogP) is 4.82. The largest absolute Gasteiger partial charge is 0.496 e. The van der Waals surface area contributed by atoms with Crippen LogP contribution < -0.4 is 4.74 Å². The number of carbonyl (C=O) groups is 1. The van der Waals surface area contributed by atoms with E-state index in [1.807, 2.05) is 60.0 Å². The fourth-order valence-electron chi connectivity index (χ4n) is 3.05. The molecular formula is C22H19N3O3S. The maximum atomic E-state index is 12.8. The number of ketones is 1. The van der Waals surface area contributed by atoms with Gasteiger partial charge >= 0.3 is 0 Å². The number of methoxy groups -OCH3 is 1. The van der Waals surface area contributed by atoms with Crippen LogP contribution in [0.4, 0.5) is 0 Å². The molecule has 4 aromatic rings. The van der Waals surface area contributed by atoms with Crippen LogP contribution in [0, 0.1) is 6.92 Å². The third-order valence-electron chi connectivity index (χ3n) is 4.49. The van der Waals surface area contributed by atoms with Gasteiger partial charge in [-0.15, -0.1) is 10.2 Å². The van der Waals surface area contributed by atoms with Gasteiger partial charge in [-0.2, -0.15) is 0 Å². The smallest absolute Gasteiger partial charge is 0.196 e. The van der Waals surface area contributed by atoms with E-state index in [0.29, 0.717) is 22.3 Å². The fraction of sp³-hybridized carbons (Fsp3) is 0.136. The summed E-state index contributed by atoms with van der Waals surface area (Å²) in [5.41, 5.74) is 2.34. The topological polar surface area (TPSA) is 70.2 Å². The molecule has 29 heavy (non-hydrogen) atoms. The number of thioether (sulfide) groups is 1. The van der Waals surface area contributed by atoms with Crippen LogP contribution in [0.2, 0.25) is 0 Å². The molecule has 0 amide bonds. The van der Waals surface area contributed by atoms with Gasteiger partial charge in [0.25, 0.3) is 0 Å². The van der Waals surface area contributed by atoms with Gasteiger partial charge in [-0.05, 0) is 37.3 Å². The van der Waals surface area contributed by atoms with Gasteiger partial charge in [-0.1, -0.05) is 42.1 Å². The second-order valence-corrected chi connectivity index (χ2v) is 7.22. The Balaban J connectivity index is 1.67. The van der Waals surface area contributed by atoms with Crippen molar-refractivity contribution in [3.05, 3.63) is 78.3 Å². The average molecular weight is 405 g/mol. The van der Waals surface area contributed by atoms with Gasteiger partial charge in [-0.25, -0.2) is 0 Å². The van der Waals surface area contributed by atoms with Crippen LogP contribution in [0.5, 0.6) is 5.75 Å². The normalized spacial score (nSPS) is 10.8. The summed E-state index contributed by atoms with van der Waals surface area (Å²) in [6.07, 6.45) is 1.63. The molecule has 0 saturated carbocycles. The quantitative estimate of drug-likeness (QED) is 0.324. The summed E-state index contributed by atoms with van der Waals surface area (Å²) in [6.45, 7) is 1.89. The van der Waals surface area contributed by atoms with E-state index < -0.39 is 0 Å². The summed E-state index contributed by atoms with van der Waals surface area (Å²) in [7, 11) is 1.56. The Morgan fingerprint density at radius 2 is 1.83 bits per heavy atom. The standard InChI is InChI=1S/C22H19N3O3S/c1-15-17(12-13-28-15)21-23-24-22(25(21)16-8-4-3-5-9-16)29-14-19(26)18-10-6-7-11-20(18)27-2/h3-13H,14H2,1-2H3. The van der Waals surface area contributed by atoms with Crippen molar-refractivity contribution < 1.29 is 13.9 Å². The van der Waals surface area contributed by atoms with Gasteiger partial charge in [0, 0.05) is 5.69 Å². The number of nitrogens with zero attached hydrogens (tertiary/aromatic N) is 3. The number of ether oxygens (including phenoxy) is 1. The number of para-hydroxylation sites is 2. The summed E-state index contributed by atoms with van der Waals surface area (Å²) in [6, 6.07) is 18.9. The number of Topliss-reactive ketones (excluding diaryl/α,β-unsaturated/α-hetero) is 1. The number of benzene rings is 2. The van der Waals surface area contributed by atoms with Crippen LogP contribution in [-0.2, 0) is 0 Å². The van der Waals surface area contributed by atoms with Crippen LogP contribution in [0.25, 0.3) is 17.1 Å². The van der Waals surface area contributed by atoms with E-state index in [-0.39, 0.29) is 11.5 Å². The Bertz CT molecular complexity index is 1140. The molecular weight excluding hydrogens is 386 g/mol. The number of carbonyl (C=O) groups excluding carboxylic acids is 1. The third-order valence-corrected chi connectivity index (χ3v) is 5.42. The zero-order chi connectivity index (χ0) is 20.2. The number of hydrogen-bond acceptors (Lipinski definition) is 6. The van der Waals surface area contributed by atoms with Gasteiger partial charge in [-0.3, -0.25) is 9.36 Å². The maximum absolute atomic E-state index is 12.8. The van der Waals surface area contributed by atoms with Gasteiger partial charge in [0.05, 0.1) is 30.3 Å². The van der Waals surface area contributed by atoms with Crippen LogP contribution in [0.3, 0.4) is 0 Å². The predicted molar refractivity (Wildman–Crippen MR) is 112 cm³/mol. The van der Waals surface area contributed by atoms with Crippen molar-refractivity contribution in [3.8, 4) is 22.8 Å². The van der Waals surface area contributed by atoms with Crippen LogP contribution in [0.15, 0.2) is 76.5 Å². The summed E-state index contributed by atoms with van der Waals surface area (Å²) >= 11 is 1.34. The first-order chi connectivity index (χ1) is 14.2. The Hall–Kier alpha value is -3.32. The molecule has 0 bridgehead atoms. The number of hydrogen-bond donors (Lipinski definition) is 0. The molecule has 0 aliphatic heterocycles. The molecule has 2 aromatic heterocycles. The lowest BCUT2D eigenvalue weighted by molar-refractivity contribution is 0.101. The molecule has 0 radical (unpaired) electrons. The van der Waals surface area contributed by atoms with E-state index in [1.165, 1.54) is 11.8 Å². The Morgan fingerprint density at radius 3 is 2.55 bits per heavy atom. The van der Waals surface area contributed by atoms with Gasteiger partial charge in [0.15, 0.2) is 16.8 Å². The number of aryl methyl sites for hydroxylation is 1. The lowest BCUT2D eigenvalue weighted by Gasteiger charge is -2.10. The molecule has 0 atom stereocenters. The maximum Gasteiger partial charge on any atom is 0.196 e. The molecule has 0 aliphatic carbocycles. The molecule has 2 heterocycles. The highest BCUT2D eigenvalue weighted by molar-refractivity contribution is 7.99. The van der Waals surface area contributed by atoms with Crippen molar-refractivity contribution in [2.75, 3.05) is 12.9 Å². The van der Waals surface area contributed by atoms with Crippen LogP contribution in [-0.4, -0.2) is 33.4 Å². The first-order valence-electron chi connectivity index (χ1n) is 9.03. The first kappa shape index (κ1) is 19.0. The highest BCUT2D eigenvalue weighted by Gasteiger charge is 2.20. The van der Waals surface area contributed by atoms with E-state index in [9.17, 15) is 4.79 Å². The molecule has 146 valence electrons. The van der Waals surface area contributed by atoms with Crippen LogP contribution >= 0.6 is 11.8 Å². The van der Waals surface area contributed by atoms with Crippen molar-refractivity contribution in [1.82, 2.24) is 14.8 Å². The Labute approximate surface area is 172 Å². The van der Waals surface area contributed by atoms with Gasteiger partial charge in [0.2, 0.25) is 0 Å². The van der Waals surface area contributed by atoms with Crippen LogP contribution in [0.1, 0.15) is 16.1 Å². The monoisotopic (exact) mass is 405 g/mol. The molecule has 0 saturated heterocycles. The minimum atomic E-state index is -0.0314. The zero-order valence-corrected chi connectivity index (χ0v) is 16.8. The first-order valence-corrected chi connectivity index (χ1v) is 10.0. The molecule has 0 spiro atoms. The van der Waals surface area contributed by atoms with E-state index in [2.05, 4.69) is 10.2 Å². The van der Waals surface area contributed by atoms with Crippen molar-refractivity contribution in [3.63, 3.8) is 0 Å². The van der Waals surface area contributed by atoms with Crippen molar-refractivity contribution >= 4 is 17.5 Å². The molecule has 0 fully saturated rings. The average Bonchev–Trinajstić information content (AvgIpc) is 3.38. The number of rotatable bonds is 7. The Kier molecular flexibility index (Phi) is 5.48. The van der Waals surface area contributed by atoms with Crippen molar-refractivity contribution in [1.29, 1.82) is 0 Å². The van der Waals surface area contributed by atoms with E-state index in [0.717, 1.165) is 17.0 Å². The molecule has 4 rings (SSSR count). The lowest BCUT2D eigenvalue weighted by Crippen LogP contribution is -2.06. The minimum Gasteiger partial charge on any atom is -0.496 e. The third kappa shape index (κ3) is 3.82. The lowest BCUT2D eigenvalue weighted by atomic mass is 10.1. The molecule has 6 nitrogen and oxygen atoms in total. The van der Waals surface area contributed by atoms with Crippen molar-refractivity contribution in [2.24, 2.45) is 0 Å².